The molecule has 0 aromatic rings. The van der Waals surface area contributed by atoms with Gasteiger partial charge in [-0.05, 0) is 32.7 Å². The molecule has 86 valence electrons. The molecule has 1 saturated heterocycles. The van der Waals surface area contributed by atoms with Crippen molar-refractivity contribution in [2.75, 3.05) is 13.6 Å². The van der Waals surface area contributed by atoms with Crippen LogP contribution in [0.5, 0.6) is 0 Å². The first-order valence-corrected chi connectivity index (χ1v) is 6.04. The van der Waals surface area contributed by atoms with E-state index in [2.05, 4.69) is 44.0 Å². The van der Waals surface area contributed by atoms with Crippen molar-refractivity contribution in [3.05, 3.63) is 0 Å². The van der Waals surface area contributed by atoms with Crippen LogP contribution in [0.25, 0.3) is 0 Å². The third-order valence-electron chi connectivity index (χ3n) is 3.97. The van der Waals surface area contributed by atoms with E-state index in [1.807, 2.05) is 0 Å². The molecule has 0 bridgehead atoms. The molecule has 4 unspecified atom stereocenters. The number of piperidine rings is 1. The fraction of sp³-hybridized carbons (Fsp3) is 0.846. The molecule has 1 N–H and O–H groups in total. The van der Waals surface area contributed by atoms with Crippen LogP contribution in [0.3, 0.4) is 0 Å². The van der Waals surface area contributed by atoms with Gasteiger partial charge in [0.05, 0.1) is 6.04 Å². The highest BCUT2D eigenvalue weighted by atomic mass is 15.2. The Balaban J connectivity index is 2.68. The van der Waals surface area contributed by atoms with Crippen LogP contribution in [0.15, 0.2) is 0 Å². The molecule has 0 aliphatic carbocycles. The second kappa shape index (κ2) is 5.53. The van der Waals surface area contributed by atoms with Gasteiger partial charge in [0.2, 0.25) is 0 Å². The molecule has 2 heteroatoms. The number of hydrogen-bond donors (Lipinski definition) is 1. The molecule has 2 nitrogen and oxygen atoms in total. The standard InChI is InChI=1S/C13H24N2/c1-6-12(7-2)15-9-8-13(14-5)10(3)11(15)4/h1,10-14H,7-9H2,2-5H3. The predicted molar refractivity (Wildman–Crippen MR) is 65.7 cm³/mol. The minimum atomic E-state index is 0.320. The van der Waals surface area contributed by atoms with Gasteiger partial charge in [0.1, 0.15) is 0 Å². The minimum absolute atomic E-state index is 0.320. The van der Waals surface area contributed by atoms with E-state index >= 15 is 0 Å². The van der Waals surface area contributed by atoms with Crippen LogP contribution in [-0.4, -0.2) is 36.6 Å². The molecule has 1 aliphatic rings. The summed E-state index contributed by atoms with van der Waals surface area (Å²) in [5.41, 5.74) is 0. The van der Waals surface area contributed by atoms with Crippen molar-refractivity contribution in [2.45, 2.75) is 51.7 Å². The normalized spacial score (nSPS) is 34.7. The number of rotatable bonds is 3. The van der Waals surface area contributed by atoms with Crippen molar-refractivity contribution < 1.29 is 0 Å². The zero-order valence-electron chi connectivity index (χ0n) is 10.5. The summed E-state index contributed by atoms with van der Waals surface area (Å²) < 4.78 is 0. The zero-order valence-corrected chi connectivity index (χ0v) is 10.5. The van der Waals surface area contributed by atoms with Crippen LogP contribution >= 0.6 is 0 Å². The lowest BCUT2D eigenvalue weighted by molar-refractivity contribution is 0.0666. The van der Waals surface area contributed by atoms with E-state index in [0.29, 0.717) is 24.0 Å². The second-order valence-corrected chi connectivity index (χ2v) is 4.61. The third kappa shape index (κ3) is 2.53. The topological polar surface area (TPSA) is 15.3 Å². The van der Waals surface area contributed by atoms with E-state index in [9.17, 15) is 0 Å². The summed E-state index contributed by atoms with van der Waals surface area (Å²) >= 11 is 0. The molecule has 0 saturated carbocycles. The van der Waals surface area contributed by atoms with Crippen molar-refractivity contribution in [1.82, 2.24) is 10.2 Å². The Kier molecular flexibility index (Phi) is 4.63. The van der Waals surface area contributed by atoms with Gasteiger partial charge < -0.3 is 5.32 Å². The van der Waals surface area contributed by atoms with E-state index in [-0.39, 0.29) is 0 Å². The predicted octanol–water partition coefficient (Wildman–Crippen LogP) is 1.72. The molecule has 4 atom stereocenters. The molecule has 1 aliphatic heterocycles. The first kappa shape index (κ1) is 12.5. The lowest BCUT2D eigenvalue weighted by atomic mass is 9.86. The number of likely N-dealkylation sites (tertiary alicyclic amines) is 1. The summed E-state index contributed by atoms with van der Waals surface area (Å²) in [5.74, 6) is 3.58. The summed E-state index contributed by atoms with van der Waals surface area (Å²) in [4.78, 5) is 2.48. The lowest BCUT2D eigenvalue weighted by Gasteiger charge is -2.44. The highest BCUT2D eigenvalue weighted by Gasteiger charge is 2.33. The summed E-state index contributed by atoms with van der Waals surface area (Å²) in [6.07, 6.45) is 7.84. The van der Waals surface area contributed by atoms with Gasteiger partial charge in [-0.1, -0.05) is 19.8 Å². The third-order valence-corrected chi connectivity index (χ3v) is 3.97. The SMILES string of the molecule is C#CC(CC)N1CCC(NC)C(C)C1C. The average Bonchev–Trinajstić information content (AvgIpc) is 2.26. The van der Waals surface area contributed by atoms with E-state index in [0.717, 1.165) is 13.0 Å². The van der Waals surface area contributed by atoms with E-state index in [4.69, 9.17) is 6.42 Å². The number of terminal acetylenes is 1. The van der Waals surface area contributed by atoms with Gasteiger partial charge >= 0.3 is 0 Å². The van der Waals surface area contributed by atoms with Crippen molar-refractivity contribution in [2.24, 2.45) is 5.92 Å². The van der Waals surface area contributed by atoms with Crippen LogP contribution in [0.4, 0.5) is 0 Å². The molecular formula is C13H24N2. The van der Waals surface area contributed by atoms with Gasteiger partial charge in [-0.15, -0.1) is 6.42 Å². The Morgan fingerprint density at radius 2 is 2.20 bits per heavy atom. The van der Waals surface area contributed by atoms with E-state index in [1.165, 1.54) is 6.42 Å². The fourth-order valence-corrected chi connectivity index (χ4v) is 2.69. The van der Waals surface area contributed by atoms with Crippen molar-refractivity contribution >= 4 is 0 Å². The number of nitrogens with one attached hydrogen (secondary N) is 1. The Labute approximate surface area is 94.4 Å². The molecule has 1 fully saturated rings. The highest BCUT2D eigenvalue weighted by molar-refractivity contribution is 5.03. The average molecular weight is 208 g/mol. The molecule has 0 amide bonds. The molecule has 0 radical (unpaired) electrons. The molecule has 0 spiro atoms. The summed E-state index contributed by atoms with van der Waals surface area (Å²) in [6, 6.07) is 1.55. The van der Waals surface area contributed by atoms with Crippen molar-refractivity contribution in [1.29, 1.82) is 0 Å². The molecular weight excluding hydrogens is 184 g/mol. The van der Waals surface area contributed by atoms with E-state index in [1.54, 1.807) is 0 Å². The summed E-state index contributed by atoms with van der Waals surface area (Å²) in [7, 11) is 2.06. The fourth-order valence-electron chi connectivity index (χ4n) is 2.69. The number of hydrogen-bond acceptors (Lipinski definition) is 2. The molecule has 0 aromatic carbocycles. The molecule has 1 rings (SSSR count). The molecule has 1 heterocycles. The smallest absolute Gasteiger partial charge is 0.0711 e. The second-order valence-electron chi connectivity index (χ2n) is 4.61. The van der Waals surface area contributed by atoms with Gasteiger partial charge in [-0.2, -0.15) is 0 Å². The Bertz CT molecular complexity index is 231. The summed E-state index contributed by atoms with van der Waals surface area (Å²) in [5, 5.41) is 3.40. The van der Waals surface area contributed by atoms with E-state index < -0.39 is 0 Å². The maximum Gasteiger partial charge on any atom is 0.0711 e. The van der Waals surface area contributed by atoms with Crippen LogP contribution in [0.1, 0.15) is 33.6 Å². The molecule has 0 aromatic heterocycles. The van der Waals surface area contributed by atoms with Crippen LogP contribution in [0, 0.1) is 18.3 Å². The van der Waals surface area contributed by atoms with Gasteiger partial charge in [-0.3, -0.25) is 4.90 Å². The summed E-state index contributed by atoms with van der Waals surface area (Å²) in [6.45, 7) is 7.92. The zero-order chi connectivity index (χ0) is 11.4. The van der Waals surface area contributed by atoms with Crippen LogP contribution < -0.4 is 5.32 Å². The van der Waals surface area contributed by atoms with Gasteiger partial charge in [0.15, 0.2) is 0 Å². The van der Waals surface area contributed by atoms with Gasteiger partial charge in [0.25, 0.3) is 0 Å². The monoisotopic (exact) mass is 208 g/mol. The Hall–Kier alpha value is -0.520. The largest absolute Gasteiger partial charge is 0.317 e. The first-order chi connectivity index (χ1) is 7.15. The van der Waals surface area contributed by atoms with Crippen molar-refractivity contribution in [3.63, 3.8) is 0 Å². The highest BCUT2D eigenvalue weighted by Crippen LogP contribution is 2.25. The first-order valence-electron chi connectivity index (χ1n) is 6.04. The van der Waals surface area contributed by atoms with Gasteiger partial charge in [0, 0.05) is 18.6 Å². The van der Waals surface area contributed by atoms with Crippen LogP contribution in [0.2, 0.25) is 0 Å². The quantitative estimate of drug-likeness (QED) is 0.710. The van der Waals surface area contributed by atoms with Crippen molar-refractivity contribution in [3.8, 4) is 12.3 Å². The Morgan fingerprint density at radius 1 is 1.53 bits per heavy atom. The number of nitrogens with zero attached hydrogens (tertiary/aromatic N) is 1. The minimum Gasteiger partial charge on any atom is -0.317 e. The molecule has 15 heavy (non-hydrogen) atoms. The lowest BCUT2D eigenvalue weighted by Crippen LogP contribution is -2.55. The maximum atomic E-state index is 5.58. The Morgan fingerprint density at radius 3 is 2.67 bits per heavy atom. The van der Waals surface area contributed by atoms with Crippen LogP contribution in [-0.2, 0) is 0 Å². The van der Waals surface area contributed by atoms with Gasteiger partial charge in [-0.25, -0.2) is 0 Å². The maximum absolute atomic E-state index is 5.58.